The minimum Gasteiger partial charge on any atom is -0.453 e. The van der Waals surface area contributed by atoms with Crippen LogP contribution in [0.15, 0.2) is 97.1 Å². The van der Waals surface area contributed by atoms with Crippen LogP contribution in [-0.4, -0.2) is 58.8 Å². The molecule has 2 aliphatic rings. The molecule has 9 nitrogen and oxygen atoms in total. The summed E-state index contributed by atoms with van der Waals surface area (Å²) in [5, 5.41) is 24.6. The van der Waals surface area contributed by atoms with Crippen molar-refractivity contribution in [1.29, 1.82) is 0 Å². The number of carbonyl (C=O) groups is 2. The van der Waals surface area contributed by atoms with Crippen LogP contribution in [0.3, 0.4) is 0 Å². The molecule has 52 heavy (non-hydrogen) atoms. The summed E-state index contributed by atoms with van der Waals surface area (Å²) in [7, 11) is 0. The largest absolute Gasteiger partial charge is 0.453 e. The van der Waals surface area contributed by atoms with Crippen LogP contribution in [0.25, 0.3) is 11.1 Å². The van der Waals surface area contributed by atoms with E-state index >= 15 is 0 Å². The van der Waals surface area contributed by atoms with Gasteiger partial charge in [0.1, 0.15) is 0 Å². The van der Waals surface area contributed by atoms with Gasteiger partial charge in [-0.1, -0.05) is 97.4 Å². The number of piperidine rings is 1. The van der Waals surface area contributed by atoms with E-state index in [0.717, 1.165) is 52.0 Å². The van der Waals surface area contributed by atoms with Gasteiger partial charge < -0.3 is 34.6 Å². The molecule has 2 fully saturated rings. The quantitative estimate of drug-likeness (QED) is 0.144. The van der Waals surface area contributed by atoms with E-state index in [1.807, 2.05) is 97.1 Å². The second kappa shape index (κ2) is 16.7. The Bertz CT molecular complexity index is 1810. The summed E-state index contributed by atoms with van der Waals surface area (Å²) in [5.74, 6) is -0.818. The summed E-state index contributed by atoms with van der Waals surface area (Å²) in [5.41, 5.74) is 5.69. The maximum atomic E-state index is 12.3. The molecule has 3 N–H and O–H groups in total. The van der Waals surface area contributed by atoms with Crippen molar-refractivity contribution in [2.45, 2.75) is 77.0 Å². The smallest absolute Gasteiger partial charge is 0.303 e. The Hall–Kier alpha value is -4.09. The molecule has 1 amide bonds. The van der Waals surface area contributed by atoms with Crippen molar-refractivity contribution in [1.82, 2.24) is 10.2 Å². The summed E-state index contributed by atoms with van der Waals surface area (Å²) in [4.78, 5) is 25.9. The van der Waals surface area contributed by atoms with Gasteiger partial charge in [0.15, 0.2) is 12.4 Å². The maximum Gasteiger partial charge on any atom is 0.303 e. The number of halogens is 1. The summed E-state index contributed by atoms with van der Waals surface area (Å²) in [6.07, 6.45) is -0.608. The van der Waals surface area contributed by atoms with Crippen LogP contribution in [0.4, 0.5) is 0 Å². The van der Waals surface area contributed by atoms with Crippen molar-refractivity contribution in [3.63, 3.8) is 0 Å². The van der Waals surface area contributed by atoms with Gasteiger partial charge in [-0.2, -0.15) is 0 Å². The highest BCUT2D eigenvalue weighted by Crippen LogP contribution is 2.43. The van der Waals surface area contributed by atoms with Crippen molar-refractivity contribution in [3.8, 4) is 11.1 Å². The zero-order valence-electron chi connectivity index (χ0n) is 29.8. The molecule has 0 aliphatic carbocycles. The first kappa shape index (κ1) is 37.7. The maximum absolute atomic E-state index is 12.3. The van der Waals surface area contributed by atoms with Crippen LogP contribution < -0.4 is 5.32 Å². The molecule has 0 aromatic heterocycles. The van der Waals surface area contributed by atoms with Crippen LogP contribution in [0, 0.1) is 5.92 Å². The zero-order valence-corrected chi connectivity index (χ0v) is 30.6. The first-order valence-electron chi connectivity index (χ1n) is 17.9. The van der Waals surface area contributed by atoms with Crippen molar-refractivity contribution < 1.29 is 34.0 Å². The van der Waals surface area contributed by atoms with Gasteiger partial charge in [-0.15, -0.1) is 0 Å². The van der Waals surface area contributed by atoms with E-state index in [4.69, 9.17) is 25.8 Å². The molecule has 10 heteroatoms. The van der Waals surface area contributed by atoms with Crippen molar-refractivity contribution in [3.05, 3.63) is 130 Å². The summed E-state index contributed by atoms with van der Waals surface area (Å²) >= 11 is 6.10. The highest BCUT2D eigenvalue weighted by atomic mass is 35.5. The standard InChI is InChI=1S/C42H47ClN2O7/c1-27-38(25-45-21-19-42(49,20-22-45)36-15-17-37(43)18-16-36)51-41(52-39(27)33-9-7-30(26-46)8-10-33)34-13-11-32(12-14-34)35-6-4-5-31(23-35)24-44-40(48)28(2)50-29(3)47/h4-18,23,27-28,38-39,41,46,49H,19-22,24-26H2,1-3H3,(H,44,48)/t27-,28-,38+,39+,41+/m0/s1. The number of carbonyl (C=O) groups excluding carboxylic acids is 2. The van der Waals surface area contributed by atoms with E-state index in [0.29, 0.717) is 31.0 Å². The predicted octanol–water partition coefficient (Wildman–Crippen LogP) is 6.84. The molecule has 0 spiro atoms. The first-order valence-corrected chi connectivity index (χ1v) is 18.2. The number of hydrogen-bond acceptors (Lipinski definition) is 8. The average molecular weight is 727 g/mol. The number of ether oxygens (including phenoxy) is 3. The highest BCUT2D eigenvalue weighted by Gasteiger charge is 2.41. The lowest BCUT2D eigenvalue weighted by Crippen LogP contribution is -2.49. The summed E-state index contributed by atoms with van der Waals surface area (Å²) < 4.78 is 18.4. The Morgan fingerprint density at radius 3 is 2.25 bits per heavy atom. The number of amides is 1. The minimum atomic E-state index is -0.887. The predicted molar refractivity (Wildman–Crippen MR) is 199 cm³/mol. The lowest BCUT2D eigenvalue weighted by atomic mass is 9.84. The van der Waals surface area contributed by atoms with Crippen LogP contribution in [0.5, 0.6) is 0 Å². The van der Waals surface area contributed by atoms with Crippen molar-refractivity contribution >= 4 is 23.5 Å². The normalized spacial score (nSPS) is 22.3. The third-order valence-electron chi connectivity index (χ3n) is 10.2. The Labute approximate surface area is 310 Å². The monoisotopic (exact) mass is 726 g/mol. The molecule has 4 aromatic rings. The molecule has 2 heterocycles. The molecule has 6 rings (SSSR count). The van der Waals surface area contributed by atoms with Crippen molar-refractivity contribution in [2.24, 2.45) is 5.92 Å². The molecular weight excluding hydrogens is 680 g/mol. The number of hydrogen-bond donors (Lipinski definition) is 3. The number of aliphatic hydroxyl groups is 2. The number of nitrogens with one attached hydrogen (secondary N) is 1. The molecule has 274 valence electrons. The first-order chi connectivity index (χ1) is 25.0. The molecule has 0 radical (unpaired) electrons. The highest BCUT2D eigenvalue weighted by molar-refractivity contribution is 6.30. The molecule has 0 saturated carbocycles. The fourth-order valence-electron chi connectivity index (χ4n) is 7.07. The molecule has 0 bridgehead atoms. The molecular formula is C42H47ClN2O7. The number of benzene rings is 4. The Morgan fingerprint density at radius 1 is 0.923 bits per heavy atom. The molecule has 5 atom stereocenters. The average Bonchev–Trinajstić information content (AvgIpc) is 3.16. The van der Waals surface area contributed by atoms with Gasteiger partial charge in [-0.25, -0.2) is 0 Å². The number of nitrogens with zero attached hydrogens (tertiary/aromatic N) is 1. The van der Waals surface area contributed by atoms with Gasteiger partial charge in [0.25, 0.3) is 5.91 Å². The topological polar surface area (TPSA) is 118 Å². The Kier molecular flexibility index (Phi) is 12.1. The van der Waals surface area contributed by atoms with Gasteiger partial charge in [-0.05, 0) is 71.3 Å². The second-order valence-corrected chi connectivity index (χ2v) is 14.4. The zero-order chi connectivity index (χ0) is 36.8. The lowest BCUT2D eigenvalue weighted by molar-refractivity contribution is -0.277. The summed E-state index contributed by atoms with van der Waals surface area (Å²) in [6, 6.07) is 31.5. The van der Waals surface area contributed by atoms with E-state index in [9.17, 15) is 19.8 Å². The van der Waals surface area contributed by atoms with E-state index in [2.05, 4.69) is 17.1 Å². The van der Waals surface area contributed by atoms with Crippen LogP contribution >= 0.6 is 11.6 Å². The van der Waals surface area contributed by atoms with Crippen LogP contribution in [0.2, 0.25) is 5.02 Å². The lowest BCUT2D eigenvalue weighted by Gasteiger charge is -2.45. The molecule has 0 unspecified atom stereocenters. The van der Waals surface area contributed by atoms with E-state index in [1.54, 1.807) is 6.92 Å². The minimum absolute atomic E-state index is 0.0216. The third kappa shape index (κ3) is 9.09. The Morgan fingerprint density at radius 2 is 1.60 bits per heavy atom. The fraction of sp³-hybridized carbons (Fsp3) is 0.381. The fourth-order valence-corrected chi connectivity index (χ4v) is 7.19. The van der Waals surface area contributed by atoms with Gasteiger partial charge in [0.05, 0.1) is 24.4 Å². The number of likely N-dealkylation sites (tertiary alicyclic amines) is 1. The van der Waals surface area contributed by atoms with Gasteiger partial charge in [-0.3, -0.25) is 9.59 Å². The van der Waals surface area contributed by atoms with E-state index in [-0.39, 0.29) is 30.6 Å². The molecule has 2 saturated heterocycles. The molecule has 2 aliphatic heterocycles. The number of rotatable bonds is 11. The van der Waals surface area contributed by atoms with E-state index < -0.39 is 24.0 Å². The molecule has 4 aromatic carbocycles. The van der Waals surface area contributed by atoms with Gasteiger partial charge >= 0.3 is 5.97 Å². The van der Waals surface area contributed by atoms with Gasteiger partial charge in [0, 0.05) is 49.6 Å². The summed E-state index contributed by atoms with van der Waals surface area (Å²) in [6.45, 7) is 7.43. The number of aliphatic hydroxyl groups excluding tert-OH is 1. The van der Waals surface area contributed by atoms with Crippen molar-refractivity contribution in [2.75, 3.05) is 19.6 Å². The third-order valence-corrected chi connectivity index (χ3v) is 10.5. The van der Waals surface area contributed by atoms with Crippen LogP contribution in [0.1, 0.15) is 73.8 Å². The SMILES string of the molecule is CC(=O)O[C@@H](C)C(=O)NCc1cccc(-c2ccc([C@@H]3O[C@H](CN4CCC(O)(c5ccc(Cl)cc5)CC4)[C@H](C)[C@H](c4ccc(CO)cc4)O3)cc2)c1. The number of esters is 1. The van der Waals surface area contributed by atoms with Gasteiger partial charge in [0.2, 0.25) is 0 Å². The second-order valence-electron chi connectivity index (χ2n) is 14.0. The van der Waals surface area contributed by atoms with E-state index in [1.165, 1.54) is 6.92 Å². The Balaban J connectivity index is 1.16. The van der Waals surface area contributed by atoms with Crippen LogP contribution in [-0.2, 0) is 42.6 Å².